The second-order valence-electron chi connectivity index (χ2n) is 4.76. The van der Waals surface area contributed by atoms with Crippen LogP contribution in [-0.4, -0.2) is 7.85 Å². The molecule has 0 heterocycles. The highest BCUT2D eigenvalue weighted by molar-refractivity contribution is 6.36. The first kappa shape index (κ1) is 11.8. The highest BCUT2D eigenvalue weighted by Gasteiger charge is 2.03. The maximum Gasteiger partial charge on any atom is 0.140 e. The molecule has 1 heteroatoms. The predicted molar refractivity (Wildman–Crippen MR) is 85.5 cm³/mol. The molecule has 0 aliphatic carbocycles. The largest absolute Gasteiger partial charge is 0.140 e. The molecular weight excluding hydrogens is 227 g/mol. The number of hydrogen-bond acceptors (Lipinski definition) is 0. The summed E-state index contributed by atoms with van der Waals surface area (Å²) in [5, 5.41) is 0. The van der Waals surface area contributed by atoms with Crippen LogP contribution in [0.2, 0.25) is 0 Å². The topological polar surface area (TPSA) is 0 Å². The summed E-state index contributed by atoms with van der Waals surface area (Å²) in [6.45, 7) is 0. The van der Waals surface area contributed by atoms with E-state index in [1.165, 1.54) is 27.7 Å². The van der Waals surface area contributed by atoms with Crippen molar-refractivity contribution in [1.82, 2.24) is 0 Å². The van der Waals surface area contributed by atoms with Gasteiger partial charge in [-0.15, -0.1) is 0 Å². The number of rotatable bonds is 2. The summed E-state index contributed by atoms with van der Waals surface area (Å²) in [5.41, 5.74) is 6.44. The summed E-state index contributed by atoms with van der Waals surface area (Å²) in [6, 6.07) is 27.7. The first-order valence-corrected chi connectivity index (χ1v) is 6.56. The van der Waals surface area contributed by atoms with Crippen LogP contribution < -0.4 is 5.46 Å². The van der Waals surface area contributed by atoms with Crippen LogP contribution in [0.5, 0.6) is 0 Å². The summed E-state index contributed by atoms with van der Waals surface area (Å²) in [4.78, 5) is 0. The lowest BCUT2D eigenvalue weighted by Crippen LogP contribution is -2.06. The second kappa shape index (κ2) is 5.15. The minimum atomic E-state index is 1.27. The smallest absolute Gasteiger partial charge is 0.0807 e. The van der Waals surface area contributed by atoms with E-state index in [0.29, 0.717) is 0 Å². The van der Waals surface area contributed by atoms with Crippen LogP contribution in [0, 0.1) is 0 Å². The van der Waals surface area contributed by atoms with Crippen LogP contribution in [0.4, 0.5) is 0 Å². The fraction of sp³-hybridized carbons (Fsp3) is 0. The van der Waals surface area contributed by atoms with Crippen molar-refractivity contribution in [2.24, 2.45) is 0 Å². The van der Waals surface area contributed by atoms with E-state index >= 15 is 0 Å². The summed E-state index contributed by atoms with van der Waals surface area (Å²) in [5.74, 6) is 0. The van der Waals surface area contributed by atoms with Gasteiger partial charge in [0.25, 0.3) is 0 Å². The molecule has 19 heavy (non-hydrogen) atoms. The Morgan fingerprint density at radius 2 is 1.11 bits per heavy atom. The molecule has 0 nitrogen and oxygen atoms in total. The third-order valence-electron chi connectivity index (χ3n) is 3.42. The van der Waals surface area contributed by atoms with Gasteiger partial charge in [0, 0.05) is 0 Å². The molecule has 3 aromatic rings. The lowest BCUT2D eigenvalue weighted by atomic mass is 9.85. The molecular formula is C18H15B. The van der Waals surface area contributed by atoms with Crippen molar-refractivity contribution in [3.63, 3.8) is 0 Å². The van der Waals surface area contributed by atoms with Gasteiger partial charge in [-0.05, 0) is 22.3 Å². The molecule has 0 aliphatic heterocycles. The molecule has 0 unspecified atom stereocenters. The van der Waals surface area contributed by atoms with E-state index < -0.39 is 0 Å². The van der Waals surface area contributed by atoms with E-state index in [0.717, 1.165) is 0 Å². The molecule has 0 fully saturated rings. The SMILES string of the molecule is Bc1cc(-c2ccccc2)ccc1-c1ccccc1. The Morgan fingerprint density at radius 3 is 1.68 bits per heavy atom. The average Bonchev–Trinajstić information content (AvgIpc) is 2.49. The highest BCUT2D eigenvalue weighted by atomic mass is 14.1. The van der Waals surface area contributed by atoms with Gasteiger partial charge >= 0.3 is 0 Å². The lowest BCUT2D eigenvalue weighted by Gasteiger charge is -2.09. The van der Waals surface area contributed by atoms with Crippen molar-refractivity contribution in [2.75, 3.05) is 0 Å². The summed E-state index contributed by atoms with van der Waals surface area (Å²) >= 11 is 0. The monoisotopic (exact) mass is 242 g/mol. The molecule has 0 atom stereocenters. The van der Waals surface area contributed by atoms with E-state index in [2.05, 4.69) is 86.7 Å². The third kappa shape index (κ3) is 2.46. The van der Waals surface area contributed by atoms with Gasteiger partial charge in [-0.2, -0.15) is 0 Å². The molecule has 3 rings (SSSR count). The maximum atomic E-state index is 2.26. The Balaban J connectivity index is 2.04. The molecule has 0 aliphatic rings. The summed E-state index contributed by atoms with van der Waals surface area (Å²) < 4.78 is 0. The summed E-state index contributed by atoms with van der Waals surface area (Å²) in [6.07, 6.45) is 0. The minimum Gasteiger partial charge on any atom is -0.0807 e. The van der Waals surface area contributed by atoms with Gasteiger partial charge in [0.05, 0.1) is 0 Å². The Morgan fingerprint density at radius 1 is 0.526 bits per heavy atom. The Hall–Kier alpha value is -2.28. The molecule has 0 spiro atoms. The molecule has 0 N–H and O–H groups in total. The van der Waals surface area contributed by atoms with Crippen LogP contribution >= 0.6 is 0 Å². The third-order valence-corrected chi connectivity index (χ3v) is 3.42. The standard InChI is InChI=1S/C18H15B/c19-18-13-16(14-7-3-1-4-8-14)11-12-17(18)15-9-5-2-6-10-15/h1-13H,19H2. The highest BCUT2D eigenvalue weighted by Crippen LogP contribution is 2.22. The zero-order valence-corrected chi connectivity index (χ0v) is 11.0. The Bertz CT molecular complexity index is 673. The van der Waals surface area contributed by atoms with Gasteiger partial charge < -0.3 is 0 Å². The van der Waals surface area contributed by atoms with Gasteiger partial charge in [0.15, 0.2) is 0 Å². The average molecular weight is 242 g/mol. The zero-order valence-electron chi connectivity index (χ0n) is 11.0. The summed E-state index contributed by atoms with van der Waals surface area (Å²) in [7, 11) is 2.18. The van der Waals surface area contributed by atoms with E-state index in [1.54, 1.807) is 0 Å². The fourth-order valence-electron chi connectivity index (χ4n) is 2.42. The molecule has 0 saturated carbocycles. The van der Waals surface area contributed by atoms with Crippen LogP contribution in [0.25, 0.3) is 22.3 Å². The number of hydrogen-bond donors (Lipinski definition) is 0. The van der Waals surface area contributed by atoms with E-state index in [1.807, 2.05) is 0 Å². The van der Waals surface area contributed by atoms with Crippen LogP contribution in [0.15, 0.2) is 78.9 Å². The molecule has 0 bridgehead atoms. The number of benzene rings is 3. The molecule has 0 radical (unpaired) electrons. The van der Waals surface area contributed by atoms with Crippen LogP contribution in [0.1, 0.15) is 0 Å². The quantitative estimate of drug-likeness (QED) is 0.605. The van der Waals surface area contributed by atoms with Crippen molar-refractivity contribution >= 4 is 13.3 Å². The maximum absolute atomic E-state index is 2.26. The van der Waals surface area contributed by atoms with Gasteiger partial charge in [0.1, 0.15) is 7.85 Å². The molecule has 0 aromatic heterocycles. The molecule has 0 saturated heterocycles. The van der Waals surface area contributed by atoms with E-state index in [4.69, 9.17) is 0 Å². The van der Waals surface area contributed by atoms with Crippen molar-refractivity contribution in [3.8, 4) is 22.3 Å². The first-order chi connectivity index (χ1) is 9.34. The zero-order chi connectivity index (χ0) is 13.1. The van der Waals surface area contributed by atoms with Crippen molar-refractivity contribution in [3.05, 3.63) is 78.9 Å². The minimum absolute atomic E-state index is 1.27. The predicted octanol–water partition coefficient (Wildman–Crippen LogP) is 3.28. The molecule has 90 valence electrons. The second-order valence-corrected chi connectivity index (χ2v) is 4.76. The first-order valence-electron chi connectivity index (χ1n) is 6.56. The molecule has 3 aromatic carbocycles. The van der Waals surface area contributed by atoms with E-state index in [9.17, 15) is 0 Å². The van der Waals surface area contributed by atoms with Crippen LogP contribution in [-0.2, 0) is 0 Å². The van der Waals surface area contributed by atoms with Crippen LogP contribution in [0.3, 0.4) is 0 Å². The van der Waals surface area contributed by atoms with Crippen molar-refractivity contribution in [1.29, 1.82) is 0 Å². The normalized spacial score (nSPS) is 10.3. The molecule has 0 amide bonds. The van der Waals surface area contributed by atoms with E-state index in [-0.39, 0.29) is 0 Å². The lowest BCUT2D eigenvalue weighted by molar-refractivity contribution is 1.61. The van der Waals surface area contributed by atoms with Gasteiger partial charge in [-0.3, -0.25) is 0 Å². The van der Waals surface area contributed by atoms with Crippen molar-refractivity contribution < 1.29 is 0 Å². The Kier molecular flexibility index (Phi) is 3.20. The van der Waals surface area contributed by atoms with Crippen molar-refractivity contribution in [2.45, 2.75) is 0 Å². The fourth-order valence-corrected chi connectivity index (χ4v) is 2.42. The Labute approximate surface area is 115 Å². The van der Waals surface area contributed by atoms with Gasteiger partial charge in [-0.25, -0.2) is 0 Å². The van der Waals surface area contributed by atoms with Gasteiger partial charge in [0.2, 0.25) is 0 Å². The van der Waals surface area contributed by atoms with Gasteiger partial charge in [-0.1, -0.05) is 84.3 Å².